The molecule has 8 heteroatoms. The first kappa shape index (κ1) is 18.7. The minimum atomic E-state index is -1.10. The van der Waals surface area contributed by atoms with Crippen LogP contribution < -0.4 is 16.2 Å². The molecule has 0 radical (unpaired) electrons. The minimum absolute atomic E-state index is 0.150. The molecule has 0 bridgehead atoms. The lowest BCUT2D eigenvalue weighted by atomic mass is 9.99. The maximum atomic E-state index is 12.6. The molecule has 0 aliphatic carbocycles. The number of nitrogens with one attached hydrogen (secondary N) is 2. The van der Waals surface area contributed by atoms with Gasteiger partial charge in [0.15, 0.2) is 0 Å². The monoisotopic (exact) mass is 370 g/mol. The minimum Gasteiger partial charge on any atom is -0.465 e. The summed E-state index contributed by atoms with van der Waals surface area (Å²) in [6, 6.07) is 11.0. The zero-order valence-corrected chi connectivity index (χ0v) is 15.0. The summed E-state index contributed by atoms with van der Waals surface area (Å²) in [6.45, 7) is 1.33. The van der Waals surface area contributed by atoms with Gasteiger partial charge in [-0.1, -0.05) is 6.07 Å². The first-order valence-electron chi connectivity index (χ1n) is 8.71. The number of rotatable bonds is 4. The van der Waals surface area contributed by atoms with Gasteiger partial charge in [-0.05, 0) is 50.3 Å². The Balaban J connectivity index is 1.72. The summed E-state index contributed by atoms with van der Waals surface area (Å²) in [5, 5.41) is 14.4. The van der Waals surface area contributed by atoms with E-state index < -0.39 is 6.09 Å². The van der Waals surface area contributed by atoms with E-state index in [0.29, 0.717) is 24.2 Å². The van der Waals surface area contributed by atoms with Crippen molar-refractivity contribution < 1.29 is 14.7 Å². The Kier molecular flexibility index (Phi) is 5.56. The quantitative estimate of drug-likeness (QED) is 0.742. The summed E-state index contributed by atoms with van der Waals surface area (Å²) < 4.78 is 1.49. The van der Waals surface area contributed by atoms with Gasteiger partial charge in [0, 0.05) is 30.1 Å². The van der Waals surface area contributed by atoms with Gasteiger partial charge in [0.1, 0.15) is 0 Å². The van der Waals surface area contributed by atoms with Gasteiger partial charge in [0.2, 0.25) is 0 Å². The Morgan fingerprint density at radius 3 is 2.48 bits per heavy atom. The smallest absolute Gasteiger partial charge is 0.404 e. The molecule has 2 aromatic rings. The molecular formula is C19H22N4O4. The molecule has 1 fully saturated rings. The topological polar surface area (TPSA) is 104 Å². The lowest BCUT2D eigenvalue weighted by molar-refractivity contribution is 0.0885. The van der Waals surface area contributed by atoms with Crippen LogP contribution in [0.1, 0.15) is 16.8 Å². The van der Waals surface area contributed by atoms with Crippen molar-refractivity contribution in [2.24, 2.45) is 0 Å². The van der Waals surface area contributed by atoms with Crippen molar-refractivity contribution in [3.63, 3.8) is 0 Å². The van der Waals surface area contributed by atoms with E-state index in [1.807, 2.05) is 7.05 Å². The number of likely N-dealkylation sites (tertiary alicyclic amines) is 1. The van der Waals surface area contributed by atoms with E-state index in [2.05, 4.69) is 15.5 Å². The van der Waals surface area contributed by atoms with Crippen molar-refractivity contribution in [1.29, 1.82) is 0 Å². The Bertz CT molecular complexity index is 878. The normalized spacial score (nSPS) is 20.0. The molecule has 8 nitrogen and oxygen atoms in total. The van der Waals surface area contributed by atoms with Gasteiger partial charge in [0.05, 0.1) is 12.1 Å². The van der Waals surface area contributed by atoms with Crippen molar-refractivity contribution in [3.8, 4) is 5.69 Å². The summed E-state index contributed by atoms with van der Waals surface area (Å²) in [5.41, 5.74) is 0.965. The van der Waals surface area contributed by atoms with Gasteiger partial charge in [-0.3, -0.25) is 14.2 Å². The van der Waals surface area contributed by atoms with Gasteiger partial charge in [0.25, 0.3) is 11.5 Å². The number of hydrogen-bond donors (Lipinski definition) is 3. The summed E-state index contributed by atoms with van der Waals surface area (Å²) >= 11 is 0. The molecule has 2 heterocycles. The molecule has 3 rings (SSSR count). The molecule has 142 valence electrons. The van der Waals surface area contributed by atoms with E-state index in [1.54, 1.807) is 42.6 Å². The van der Waals surface area contributed by atoms with Crippen molar-refractivity contribution >= 4 is 12.0 Å². The fourth-order valence-corrected chi connectivity index (χ4v) is 3.26. The zero-order valence-electron chi connectivity index (χ0n) is 15.0. The molecule has 1 aromatic carbocycles. The van der Waals surface area contributed by atoms with Crippen molar-refractivity contribution in [2.45, 2.75) is 18.5 Å². The highest BCUT2D eigenvalue weighted by atomic mass is 16.4. The van der Waals surface area contributed by atoms with Gasteiger partial charge >= 0.3 is 6.09 Å². The van der Waals surface area contributed by atoms with E-state index in [1.165, 1.54) is 10.6 Å². The number of nitrogens with zero attached hydrogens (tertiary/aromatic N) is 2. The summed E-state index contributed by atoms with van der Waals surface area (Å²) in [4.78, 5) is 37.5. The Labute approximate surface area is 156 Å². The van der Waals surface area contributed by atoms with E-state index in [-0.39, 0.29) is 23.6 Å². The van der Waals surface area contributed by atoms with Crippen LogP contribution in [-0.2, 0) is 0 Å². The van der Waals surface area contributed by atoms with Crippen LogP contribution in [0, 0.1) is 0 Å². The highest BCUT2D eigenvalue weighted by Crippen LogP contribution is 2.12. The van der Waals surface area contributed by atoms with Crippen molar-refractivity contribution in [2.75, 3.05) is 20.1 Å². The molecule has 0 spiro atoms. The molecule has 3 N–H and O–H groups in total. The molecule has 2 unspecified atom stereocenters. The number of benzene rings is 1. The van der Waals surface area contributed by atoms with Crippen LogP contribution in [0.15, 0.2) is 53.5 Å². The van der Waals surface area contributed by atoms with Crippen LogP contribution in [0.3, 0.4) is 0 Å². The standard InChI is InChI=1S/C19H22N4O4/c1-22-11-9-15(21-19(26)27)16(12-22)20-18(25)13-5-7-14(8-6-13)23-10-3-2-4-17(23)24/h2-8,10,15-16,21H,9,11-12H2,1H3,(H,20,25)(H,26,27). The Hall–Kier alpha value is -3.13. The number of carbonyl (C=O) groups excluding carboxylic acids is 1. The third-order valence-corrected chi connectivity index (χ3v) is 4.67. The molecular weight excluding hydrogens is 348 g/mol. The second kappa shape index (κ2) is 8.05. The fourth-order valence-electron chi connectivity index (χ4n) is 3.26. The van der Waals surface area contributed by atoms with E-state index in [4.69, 9.17) is 5.11 Å². The fraction of sp³-hybridized carbons (Fsp3) is 0.316. The Morgan fingerprint density at radius 2 is 1.81 bits per heavy atom. The van der Waals surface area contributed by atoms with Gasteiger partial charge in [-0.25, -0.2) is 4.79 Å². The average molecular weight is 370 g/mol. The van der Waals surface area contributed by atoms with Crippen molar-refractivity contribution in [3.05, 3.63) is 64.6 Å². The highest BCUT2D eigenvalue weighted by molar-refractivity contribution is 5.94. The van der Waals surface area contributed by atoms with Crippen LogP contribution in [-0.4, -0.2) is 58.8 Å². The van der Waals surface area contributed by atoms with Gasteiger partial charge < -0.3 is 20.6 Å². The van der Waals surface area contributed by atoms with Gasteiger partial charge in [-0.2, -0.15) is 0 Å². The van der Waals surface area contributed by atoms with E-state index in [9.17, 15) is 14.4 Å². The second-order valence-electron chi connectivity index (χ2n) is 6.64. The summed E-state index contributed by atoms with van der Waals surface area (Å²) in [6.07, 6.45) is 1.20. The summed E-state index contributed by atoms with van der Waals surface area (Å²) in [7, 11) is 1.93. The van der Waals surface area contributed by atoms with Crippen LogP contribution >= 0.6 is 0 Å². The number of hydrogen-bond acceptors (Lipinski definition) is 4. The molecule has 27 heavy (non-hydrogen) atoms. The Morgan fingerprint density at radius 1 is 1.07 bits per heavy atom. The zero-order chi connectivity index (χ0) is 19.4. The number of carbonyl (C=O) groups is 2. The molecule has 2 atom stereocenters. The van der Waals surface area contributed by atoms with Crippen LogP contribution in [0.25, 0.3) is 5.69 Å². The third-order valence-electron chi connectivity index (χ3n) is 4.67. The average Bonchev–Trinajstić information content (AvgIpc) is 2.64. The molecule has 1 aliphatic heterocycles. The number of aromatic nitrogens is 1. The first-order chi connectivity index (χ1) is 12.9. The van der Waals surface area contributed by atoms with Crippen LogP contribution in [0.2, 0.25) is 0 Å². The molecule has 2 amide bonds. The SMILES string of the molecule is CN1CCC(NC(=O)O)C(NC(=O)c2ccc(-n3ccccc3=O)cc2)C1. The van der Waals surface area contributed by atoms with Crippen LogP contribution in [0.5, 0.6) is 0 Å². The first-order valence-corrected chi connectivity index (χ1v) is 8.71. The number of pyridine rings is 1. The predicted octanol–water partition coefficient (Wildman–Crippen LogP) is 0.908. The third kappa shape index (κ3) is 4.53. The van der Waals surface area contributed by atoms with Gasteiger partial charge in [-0.15, -0.1) is 0 Å². The number of likely N-dealkylation sites (N-methyl/N-ethyl adjacent to an activating group) is 1. The molecule has 1 aromatic heterocycles. The molecule has 1 aliphatic rings. The maximum absolute atomic E-state index is 12.6. The number of carboxylic acid groups (broad SMARTS) is 1. The van der Waals surface area contributed by atoms with Crippen LogP contribution in [0.4, 0.5) is 4.79 Å². The predicted molar refractivity (Wildman–Crippen MR) is 100 cm³/mol. The molecule has 1 saturated heterocycles. The van der Waals surface area contributed by atoms with Crippen molar-refractivity contribution in [1.82, 2.24) is 20.1 Å². The van der Waals surface area contributed by atoms with E-state index in [0.717, 1.165) is 6.54 Å². The largest absolute Gasteiger partial charge is 0.465 e. The molecule has 0 saturated carbocycles. The second-order valence-corrected chi connectivity index (χ2v) is 6.64. The lowest BCUT2D eigenvalue weighted by Crippen LogP contribution is -2.59. The number of piperidine rings is 1. The maximum Gasteiger partial charge on any atom is 0.404 e. The highest BCUT2D eigenvalue weighted by Gasteiger charge is 2.30. The number of amides is 2. The lowest BCUT2D eigenvalue weighted by Gasteiger charge is -2.36. The van der Waals surface area contributed by atoms with E-state index >= 15 is 0 Å². The summed E-state index contributed by atoms with van der Waals surface area (Å²) in [5.74, 6) is -0.278.